The molecule has 0 bridgehead atoms. The van der Waals surface area contributed by atoms with Crippen LogP contribution in [0.25, 0.3) is 0 Å². The average molecular weight is 477 g/mol. The molecule has 9 nitrogen and oxygen atoms in total. The first-order valence-corrected chi connectivity index (χ1v) is 10.6. The molecule has 2 heterocycles. The number of ether oxygens (including phenoxy) is 2. The van der Waals surface area contributed by atoms with Gasteiger partial charge in [-0.15, -0.1) is 0 Å². The largest absolute Gasteiger partial charge is 0.447 e. The summed E-state index contributed by atoms with van der Waals surface area (Å²) >= 11 is 5.87. The smallest absolute Gasteiger partial charge is 0.414 e. The lowest BCUT2D eigenvalue weighted by molar-refractivity contribution is -0.119. The summed E-state index contributed by atoms with van der Waals surface area (Å²) in [6, 6.07) is 9.25. The van der Waals surface area contributed by atoms with Gasteiger partial charge in [0.1, 0.15) is 18.5 Å². The number of hydrogen-bond acceptors (Lipinski definition) is 5. The third kappa shape index (κ3) is 5.01. The Hall–Kier alpha value is -3.37. The van der Waals surface area contributed by atoms with E-state index >= 15 is 0 Å². The molecule has 11 heteroatoms. The Morgan fingerprint density at radius 2 is 1.94 bits per heavy atom. The molecule has 2 N–H and O–H groups in total. The molecule has 174 valence electrons. The Balaban J connectivity index is 1.46. The number of nitrogens with one attached hydrogen (secondary N) is 2. The van der Waals surface area contributed by atoms with Crippen molar-refractivity contribution < 1.29 is 28.2 Å². The van der Waals surface area contributed by atoms with Crippen molar-refractivity contribution in [1.82, 2.24) is 4.90 Å². The maximum Gasteiger partial charge on any atom is 0.414 e. The Morgan fingerprint density at radius 3 is 2.58 bits per heavy atom. The van der Waals surface area contributed by atoms with Gasteiger partial charge in [-0.3, -0.25) is 9.69 Å². The first kappa shape index (κ1) is 22.8. The fourth-order valence-electron chi connectivity index (χ4n) is 3.79. The lowest BCUT2D eigenvalue weighted by Crippen LogP contribution is -2.45. The number of hydrogen-bond donors (Lipinski definition) is 2. The zero-order valence-electron chi connectivity index (χ0n) is 17.7. The van der Waals surface area contributed by atoms with E-state index in [0.29, 0.717) is 22.9 Å². The molecule has 2 fully saturated rings. The number of amides is 4. The predicted octanol–water partition coefficient (Wildman–Crippen LogP) is 3.70. The lowest BCUT2D eigenvalue weighted by atomic mass is 10.1. The Kier molecular flexibility index (Phi) is 6.66. The van der Waals surface area contributed by atoms with Gasteiger partial charge in [0, 0.05) is 30.8 Å². The van der Waals surface area contributed by atoms with Crippen LogP contribution < -0.4 is 15.5 Å². The number of anilines is 3. The molecule has 2 aliphatic rings. The van der Waals surface area contributed by atoms with Gasteiger partial charge in [-0.25, -0.2) is 14.0 Å². The van der Waals surface area contributed by atoms with Gasteiger partial charge in [0.05, 0.1) is 24.0 Å². The summed E-state index contributed by atoms with van der Waals surface area (Å²) in [5, 5.41) is 5.80. The highest BCUT2D eigenvalue weighted by molar-refractivity contribution is 6.30. The van der Waals surface area contributed by atoms with E-state index in [4.69, 9.17) is 21.1 Å². The number of nitrogens with zero attached hydrogens (tertiary/aromatic N) is 2. The Morgan fingerprint density at radius 1 is 1.18 bits per heavy atom. The fourth-order valence-corrected chi connectivity index (χ4v) is 3.91. The third-order valence-corrected chi connectivity index (χ3v) is 5.79. The van der Waals surface area contributed by atoms with Gasteiger partial charge < -0.3 is 25.0 Å². The van der Waals surface area contributed by atoms with Gasteiger partial charge in [-0.05, 0) is 42.5 Å². The maximum atomic E-state index is 14.7. The second kappa shape index (κ2) is 9.63. The monoisotopic (exact) mass is 476 g/mol. The van der Waals surface area contributed by atoms with Crippen LogP contribution >= 0.6 is 11.6 Å². The standard InChI is InChI=1S/C22H22ClFN4O5/c1-32-16-11-19(28(12-16)21(30)25-14-4-2-13(23)3-5-14)20(29)26-18-7-6-15(10-17(18)24)27-8-9-33-22(27)31/h2-7,10,16,19H,8-9,11-12H2,1H3,(H,25,30)(H,26,29)/t16-,19-/m1/s1. The fraction of sp³-hybridized carbons (Fsp3) is 0.318. The van der Waals surface area contributed by atoms with Crippen molar-refractivity contribution in [2.45, 2.75) is 18.6 Å². The number of cyclic esters (lactones) is 1. The molecule has 2 aromatic rings. The summed E-state index contributed by atoms with van der Waals surface area (Å²) in [6.07, 6.45) is -0.634. The number of methoxy groups -OCH3 is 1. The quantitative estimate of drug-likeness (QED) is 0.685. The molecule has 2 aromatic carbocycles. The highest BCUT2D eigenvalue weighted by Gasteiger charge is 2.40. The van der Waals surface area contributed by atoms with Crippen LogP contribution in [0.15, 0.2) is 42.5 Å². The van der Waals surface area contributed by atoms with Crippen LogP contribution in [-0.2, 0) is 14.3 Å². The SMILES string of the molecule is CO[C@@H]1C[C@H](C(=O)Nc2ccc(N3CCOC3=O)cc2F)N(C(=O)Nc2ccc(Cl)cc2)C1. The average Bonchev–Trinajstić information content (AvgIpc) is 3.43. The zero-order valence-corrected chi connectivity index (χ0v) is 18.5. The number of carbonyl (C=O) groups excluding carboxylic acids is 3. The number of rotatable bonds is 5. The van der Waals surface area contributed by atoms with Crippen molar-refractivity contribution >= 4 is 46.7 Å². The minimum atomic E-state index is -0.866. The summed E-state index contributed by atoms with van der Waals surface area (Å²) in [5.41, 5.74) is 0.791. The lowest BCUT2D eigenvalue weighted by Gasteiger charge is -2.24. The van der Waals surface area contributed by atoms with Gasteiger partial charge in [-0.2, -0.15) is 0 Å². The van der Waals surface area contributed by atoms with Crippen molar-refractivity contribution in [1.29, 1.82) is 0 Å². The van der Waals surface area contributed by atoms with Crippen molar-refractivity contribution in [3.05, 3.63) is 53.3 Å². The molecular weight excluding hydrogens is 455 g/mol. The van der Waals surface area contributed by atoms with Crippen LogP contribution in [0.1, 0.15) is 6.42 Å². The van der Waals surface area contributed by atoms with E-state index in [9.17, 15) is 18.8 Å². The van der Waals surface area contributed by atoms with Crippen molar-refractivity contribution in [2.75, 3.05) is 42.3 Å². The van der Waals surface area contributed by atoms with E-state index < -0.39 is 29.9 Å². The summed E-state index contributed by atoms with van der Waals surface area (Å²) in [4.78, 5) is 40.2. The topological polar surface area (TPSA) is 100 Å². The van der Waals surface area contributed by atoms with Crippen LogP contribution in [0.3, 0.4) is 0 Å². The first-order chi connectivity index (χ1) is 15.9. The number of carbonyl (C=O) groups is 3. The van der Waals surface area contributed by atoms with E-state index in [1.165, 1.54) is 29.0 Å². The number of benzene rings is 2. The molecule has 0 saturated carbocycles. The van der Waals surface area contributed by atoms with Crippen LogP contribution in [-0.4, -0.2) is 61.9 Å². The second-order valence-electron chi connectivity index (χ2n) is 7.62. The Labute approximate surface area is 194 Å². The van der Waals surface area contributed by atoms with Crippen molar-refractivity contribution in [2.24, 2.45) is 0 Å². The number of likely N-dealkylation sites (tertiary alicyclic amines) is 1. The number of urea groups is 1. The maximum absolute atomic E-state index is 14.7. The predicted molar refractivity (Wildman–Crippen MR) is 120 cm³/mol. The molecule has 0 aromatic heterocycles. The van der Waals surface area contributed by atoms with Gasteiger partial charge in [0.25, 0.3) is 0 Å². The molecule has 33 heavy (non-hydrogen) atoms. The Bertz CT molecular complexity index is 1070. The normalized spacial score (nSPS) is 20.0. The molecule has 0 unspecified atom stereocenters. The van der Waals surface area contributed by atoms with E-state index in [1.807, 2.05) is 0 Å². The molecular formula is C22H22ClFN4O5. The minimum Gasteiger partial charge on any atom is -0.447 e. The van der Waals surface area contributed by atoms with Gasteiger partial charge in [-0.1, -0.05) is 11.6 Å². The van der Waals surface area contributed by atoms with Crippen LogP contribution in [0.5, 0.6) is 0 Å². The van der Waals surface area contributed by atoms with Crippen molar-refractivity contribution in [3.63, 3.8) is 0 Å². The van der Waals surface area contributed by atoms with Crippen LogP contribution in [0, 0.1) is 5.82 Å². The minimum absolute atomic E-state index is 0.0600. The zero-order chi connectivity index (χ0) is 23.5. The number of halogens is 2. The van der Waals surface area contributed by atoms with E-state index in [0.717, 1.165) is 6.07 Å². The summed E-state index contributed by atoms with van der Waals surface area (Å²) in [6.45, 7) is 0.754. The molecule has 2 aliphatic heterocycles. The molecule has 0 radical (unpaired) electrons. The van der Waals surface area contributed by atoms with Crippen LogP contribution in [0.2, 0.25) is 5.02 Å². The molecule has 0 aliphatic carbocycles. The third-order valence-electron chi connectivity index (χ3n) is 5.54. The summed E-state index contributed by atoms with van der Waals surface area (Å²) in [5.74, 6) is -1.26. The molecule has 4 rings (SSSR count). The molecule has 4 amide bonds. The molecule has 2 atom stereocenters. The van der Waals surface area contributed by atoms with Gasteiger partial charge >= 0.3 is 12.1 Å². The molecule has 2 saturated heterocycles. The highest BCUT2D eigenvalue weighted by Crippen LogP contribution is 2.27. The van der Waals surface area contributed by atoms with E-state index in [-0.39, 0.29) is 31.4 Å². The first-order valence-electron chi connectivity index (χ1n) is 10.3. The van der Waals surface area contributed by atoms with E-state index in [1.54, 1.807) is 24.3 Å². The van der Waals surface area contributed by atoms with Crippen molar-refractivity contribution in [3.8, 4) is 0 Å². The van der Waals surface area contributed by atoms with Gasteiger partial charge in [0.15, 0.2) is 0 Å². The summed E-state index contributed by atoms with van der Waals surface area (Å²) < 4.78 is 24.9. The van der Waals surface area contributed by atoms with Crippen LogP contribution in [0.4, 0.5) is 31.0 Å². The van der Waals surface area contributed by atoms with Gasteiger partial charge in [0.2, 0.25) is 5.91 Å². The highest BCUT2D eigenvalue weighted by atomic mass is 35.5. The van der Waals surface area contributed by atoms with E-state index in [2.05, 4.69) is 10.6 Å². The molecule has 0 spiro atoms. The summed E-state index contributed by atoms with van der Waals surface area (Å²) in [7, 11) is 1.50. The second-order valence-corrected chi connectivity index (χ2v) is 8.05.